The zero-order valence-corrected chi connectivity index (χ0v) is 15.0. The Morgan fingerprint density at radius 3 is 2.46 bits per heavy atom. The molecule has 0 atom stereocenters. The molecule has 0 fully saturated rings. The molecule has 0 bridgehead atoms. The first kappa shape index (κ1) is 18.9. The number of aromatic nitrogens is 1. The van der Waals surface area contributed by atoms with E-state index in [1.54, 1.807) is 38.5 Å². The monoisotopic (exact) mass is 356 g/mol. The molecular formula is C18H20N4O4. The molecule has 2 N–H and O–H groups in total. The van der Waals surface area contributed by atoms with Crippen LogP contribution in [0.5, 0.6) is 11.5 Å². The highest BCUT2D eigenvalue weighted by Crippen LogP contribution is 2.23. The number of nitrogens with zero attached hydrogens (tertiary/aromatic N) is 2. The molecule has 0 spiro atoms. The molecule has 8 nitrogen and oxygen atoms in total. The summed E-state index contributed by atoms with van der Waals surface area (Å²) in [4.78, 5) is 16.0. The lowest BCUT2D eigenvalue weighted by Gasteiger charge is -2.06. The number of methoxy groups -OCH3 is 2. The third-order valence-corrected chi connectivity index (χ3v) is 3.34. The lowest BCUT2D eigenvalue weighted by Crippen LogP contribution is -2.27. The first-order valence-electron chi connectivity index (χ1n) is 7.84. The number of benzene rings is 1. The van der Waals surface area contributed by atoms with Gasteiger partial charge in [-0.25, -0.2) is 4.98 Å². The highest BCUT2D eigenvalue weighted by molar-refractivity contribution is 5.92. The average molecular weight is 356 g/mol. The minimum atomic E-state index is -0.432. The molecule has 0 radical (unpaired) electrons. The van der Waals surface area contributed by atoms with E-state index in [1.807, 2.05) is 19.9 Å². The minimum Gasteiger partial charge on any atom is -0.497 e. The Balaban J connectivity index is 2.03. The van der Waals surface area contributed by atoms with Crippen LogP contribution in [0, 0.1) is 11.3 Å². The van der Waals surface area contributed by atoms with Crippen molar-refractivity contribution >= 4 is 17.9 Å². The largest absolute Gasteiger partial charge is 0.497 e. The molecule has 0 unspecified atom stereocenters. The van der Waals surface area contributed by atoms with Gasteiger partial charge >= 0.3 is 0 Å². The fourth-order valence-electron chi connectivity index (χ4n) is 2.00. The molecular weight excluding hydrogens is 336 g/mol. The summed E-state index contributed by atoms with van der Waals surface area (Å²) in [5.41, 5.74) is 5.81. The van der Waals surface area contributed by atoms with Crippen LogP contribution in [0.1, 0.15) is 36.9 Å². The highest BCUT2D eigenvalue weighted by atomic mass is 16.5. The number of hydrogen-bond acceptors (Lipinski definition) is 7. The Bertz CT molecular complexity index is 827. The molecule has 1 aromatic heterocycles. The van der Waals surface area contributed by atoms with Crippen LogP contribution in [0.4, 0.5) is 5.88 Å². The molecule has 8 heteroatoms. The van der Waals surface area contributed by atoms with Crippen molar-refractivity contribution in [3.05, 3.63) is 41.4 Å². The number of ether oxygens (including phenoxy) is 2. The molecule has 1 aromatic carbocycles. The molecule has 1 heterocycles. The van der Waals surface area contributed by atoms with Gasteiger partial charge in [0.15, 0.2) is 0 Å². The van der Waals surface area contributed by atoms with Crippen LogP contribution < -0.4 is 20.3 Å². The van der Waals surface area contributed by atoms with Crippen LogP contribution in [0.25, 0.3) is 6.08 Å². The van der Waals surface area contributed by atoms with Crippen molar-refractivity contribution in [2.24, 2.45) is 0 Å². The fraction of sp³-hybridized carbons (Fsp3) is 0.278. The summed E-state index contributed by atoms with van der Waals surface area (Å²) in [5, 5.41) is 9.07. The van der Waals surface area contributed by atoms with Crippen LogP contribution in [-0.4, -0.2) is 25.1 Å². The topological polar surface area (TPSA) is 109 Å². The van der Waals surface area contributed by atoms with Gasteiger partial charge in [-0.3, -0.25) is 15.6 Å². The summed E-state index contributed by atoms with van der Waals surface area (Å²) < 4.78 is 15.8. The van der Waals surface area contributed by atoms with Crippen molar-refractivity contribution in [3.8, 4) is 17.6 Å². The molecule has 2 rings (SSSR count). The molecule has 136 valence electrons. The number of nitrogens with one attached hydrogen (secondary N) is 2. The van der Waals surface area contributed by atoms with E-state index in [9.17, 15) is 4.79 Å². The van der Waals surface area contributed by atoms with Crippen molar-refractivity contribution in [1.82, 2.24) is 10.4 Å². The molecule has 1 amide bonds. The number of anilines is 1. The van der Waals surface area contributed by atoms with E-state index < -0.39 is 5.91 Å². The Hall–Kier alpha value is -3.47. The minimum absolute atomic E-state index is 0.0243. The average Bonchev–Trinajstić information content (AvgIpc) is 3.08. The van der Waals surface area contributed by atoms with Crippen LogP contribution in [0.15, 0.2) is 28.7 Å². The zero-order valence-electron chi connectivity index (χ0n) is 15.0. The first-order valence-corrected chi connectivity index (χ1v) is 7.84. The fourth-order valence-corrected chi connectivity index (χ4v) is 2.00. The predicted molar refractivity (Wildman–Crippen MR) is 95.7 cm³/mol. The summed E-state index contributed by atoms with van der Waals surface area (Å²) in [6.45, 7) is 3.78. The summed E-state index contributed by atoms with van der Waals surface area (Å²) >= 11 is 0. The summed E-state index contributed by atoms with van der Waals surface area (Å²) in [6, 6.07) is 7.17. The first-order chi connectivity index (χ1) is 12.5. The Morgan fingerprint density at radius 1 is 1.27 bits per heavy atom. The molecule has 0 saturated carbocycles. The number of nitriles is 1. The van der Waals surface area contributed by atoms with E-state index in [1.165, 1.54) is 6.08 Å². The van der Waals surface area contributed by atoms with Crippen molar-refractivity contribution in [1.29, 1.82) is 5.26 Å². The molecule has 0 aliphatic heterocycles. The van der Waals surface area contributed by atoms with Gasteiger partial charge in [-0.1, -0.05) is 13.8 Å². The number of hydrazine groups is 1. The standard InChI is InChI=1S/C18H20N4O4/c1-11(2)17-20-15(10-19)18(26-17)22-21-16(23)6-5-12-7-13(24-3)9-14(8-12)25-4/h5-9,11,22H,1-4H3,(H,21,23)/b6-5+. The second-order valence-electron chi connectivity index (χ2n) is 5.59. The highest BCUT2D eigenvalue weighted by Gasteiger charge is 2.15. The van der Waals surface area contributed by atoms with E-state index in [0.717, 1.165) is 5.56 Å². The molecule has 26 heavy (non-hydrogen) atoms. The van der Waals surface area contributed by atoms with E-state index >= 15 is 0 Å². The van der Waals surface area contributed by atoms with E-state index in [0.29, 0.717) is 17.4 Å². The summed E-state index contributed by atoms with van der Waals surface area (Å²) in [5.74, 6) is 1.33. The lowest BCUT2D eigenvalue weighted by molar-refractivity contribution is -0.116. The van der Waals surface area contributed by atoms with Crippen molar-refractivity contribution < 1.29 is 18.7 Å². The number of amides is 1. The van der Waals surface area contributed by atoms with Gasteiger partial charge in [-0.15, -0.1) is 0 Å². The second-order valence-corrected chi connectivity index (χ2v) is 5.59. The molecule has 0 aliphatic rings. The number of carbonyl (C=O) groups is 1. The number of hydrogen-bond donors (Lipinski definition) is 2. The normalized spacial score (nSPS) is 10.6. The van der Waals surface area contributed by atoms with Crippen molar-refractivity contribution in [2.45, 2.75) is 19.8 Å². The number of rotatable bonds is 7. The number of carbonyl (C=O) groups excluding carboxylic acids is 1. The van der Waals surface area contributed by atoms with E-state index in [2.05, 4.69) is 15.8 Å². The van der Waals surface area contributed by atoms with E-state index in [-0.39, 0.29) is 17.5 Å². The Morgan fingerprint density at radius 2 is 1.92 bits per heavy atom. The van der Waals surface area contributed by atoms with Crippen LogP contribution in [0.3, 0.4) is 0 Å². The number of oxazole rings is 1. The predicted octanol–water partition coefficient (Wildman–Crippen LogP) is 2.84. The third-order valence-electron chi connectivity index (χ3n) is 3.34. The molecule has 2 aromatic rings. The van der Waals surface area contributed by atoms with Gasteiger partial charge in [-0.2, -0.15) is 5.26 Å². The van der Waals surface area contributed by atoms with E-state index in [4.69, 9.17) is 19.2 Å². The Kier molecular flexibility index (Phi) is 6.22. The summed E-state index contributed by atoms with van der Waals surface area (Å²) in [7, 11) is 3.10. The molecule has 0 saturated heterocycles. The zero-order chi connectivity index (χ0) is 19.1. The smallest absolute Gasteiger partial charge is 0.262 e. The maximum atomic E-state index is 12.0. The lowest BCUT2D eigenvalue weighted by atomic mass is 10.2. The SMILES string of the molecule is COc1cc(/C=C/C(=O)NNc2oc(C(C)C)nc2C#N)cc(OC)c1. The van der Waals surface area contributed by atoms with Crippen LogP contribution >= 0.6 is 0 Å². The third kappa shape index (κ3) is 4.77. The van der Waals surface area contributed by atoms with Crippen LogP contribution in [0.2, 0.25) is 0 Å². The van der Waals surface area contributed by atoms with Crippen molar-refractivity contribution in [3.63, 3.8) is 0 Å². The Labute approximate surface area is 151 Å². The van der Waals surface area contributed by atoms with Crippen molar-refractivity contribution in [2.75, 3.05) is 19.6 Å². The maximum Gasteiger partial charge on any atom is 0.262 e. The van der Waals surface area contributed by atoms with Crippen LogP contribution in [-0.2, 0) is 4.79 Å². The van der Waals surface area contributed by atoms with Gasteiger partial charge in [0.2, 0.25) is 11.6 Å². The van der Waals surface area contributed by atoms with Gasteiger partial charge < -0.3 is 13.9 Å². The maximum absolute atomic E-state index is 12.0. The van der Waals surface area contributed by atoms with Gasteiger partial charge in [0.05, 0.1) is 14.2 Å². The van der Waals surface area contributed by atoms with Gasteiger partial charge in [0.1, 0.15) is 17.6 Å². The van der Waals surface area contributed by atoms with Gasteiger partial charge in [-0.05, 0) is 23.8 Å². The quantitative estimate of drug-likeness (QED) is 0.580. The second kappa shape index (κ2) is 8.58. The van der Waals surface area contributed by atoms with Gasteiger partial charge in [0.25, 0.3) is 11.8 Å². The molecule has 0 aliphatic carbocycles. The van der Waals surface area contributed by atoms with Gasteiger partial charge in [0, 0.05) is 18.1 Å². The summed E-state index contributed by atoms with van der Waals surface area (Å²) in [6.07, 6.45) is 2.93.